The van der Waals surface area contributed by atoms with E-state index in [0.29, 0.717) is 6.04 Å². The minimum atomic E-state index is -0.137. The molecular formula is C16H22N2O. The first-order chi connectivity index (χ1) is 9.25. The van der Waals surface area contributed by atoms with Crippen LogP contribution in [0.2, 0.25) is 0 Å². The van der Waals surface area contributed by atoms with Crippen LogP contribution in [0.15, 0.2) is 36.4 Å². The number of hydrogen-bond acceptors (Lipinski definition) is 2. The van der Waals surface area contributed by atoms with E-state index in [1.165, 1.54) is 5.56 Å². The van der Waals surface area contributed by atoms with Crippen LogP contribution in [0.25, 0.3) is 6.08 Å². The van der Waals surface area contributed by atoms with Gasteiger partial charge in [-0.25, -0.2) is 0 Å². The molecule has 1 fully saturated rings. The summed E-state index contributed by atoms with van der Waals surface area (Å²) in [5.41, 5.74) is 6.55. The fourth-order valence-electron chi connectivity index (χ4n) is 2.58. The first-order valence-electron chi connectivity index (χ1n) is 7.00. The molecule has 0 saturated heterocycles. The van der Waals surface area contributed by atoms with Crippen LogP contribution in [-0.2, 0) is 4.79 Å². The van der Waals surface area contributed by atoms with E-state index in [-0.39, 0.29) is 11.8 Å². The number of primary amides is 1. The molecule has 0 heterocycles. The molecule has 1 amide bonds. The summed E-state index contributed by atoms with van der Waals surface area (Å²) in [5.74, 6) is -0.0414. The molecule has 0 bridgehead atoms. The smallest absolute Gasteiger partial charge is 0.220 e. The summed E-state index contributed by atoms with van der Waals surface area (Å²) in [5, 5.41) is 3.51. The lowest BCUT2D eigenvalue weighted by atomic mass is 9.85. The fraction of sp³-hybridized carbons (Fsp3) is 0.438. The van der Waals surface area contributed by atoms with Crippen LogP contribution in [0.5, 0.6) is 0 Å². The van der Waals surface area contributed by atoms with Crippen molar-refractivity contribution in [2.45, 2.75) is 31.7 Å². The predicted octanol–water partition coefficient (Wildman–Crippen LogP) is 2.33. The van der Waals surface area contributed by atoms with Crippen LogP contribution >= 0.6 is 0 Å². The van der Waals surface area contributed by atoms with Crippen LogP contribution in [0, 0.1) is 5.92 Å². The van der Waals surface area contributed by atoms with E-state index in [4.69, 9.17) is 5.73 Å². The van der Waals surface area contributed by atoms with Gasteiger partial charge in [0.05, 0.1) is 0 Å². The molecule has 1 aromatic carbocycles. The molecule has 102 valence electrons. The van der Waals surface area contributed by atoms with Crippen LogP contribution in [0.4, 0.5) is 0 Å². The van der Waals surface area contributed by atoms with E-state index < -0.39 is 0 Å². The normalized spacial score (nSPS) is 23.6. The van der Waals surface area contributed by atoms with Gasteiger partial charge in [-0.2, -0.15) is 0 Å². The summed E-state index contributed by atoms with van der Waals surface area (Å²) in [6, 6.07) is 10.8. The van der Waals surface area contributed by atoms with Gasteiger partial charge < -0.3 is 11.1 Å². The van der Waals surface area contributed by atoms with E-state index in [9.17, 15) is 4.79 Å². The van der Waals surface area contributed by atoms with Crippen molar-refractivity contribution >= 4 is 12.0 Å². The quantitative estimate of drug-likeness (QED) is 0.851. The zero-order valence-electron chi connectivity index (χ0n) is 11.2. The van der Waals surface area contributed by atoms with E-state index in [0.717, 1.165) is 32.2 Å². The van der Waals surface area contributed by atoms with E-state index in [1.807, 2.05) is 18.2 Å². The summed E-state index contributed by atoms with van der Waals surface area (Å²) in [7, 11) is 0. The van der Waals surface area contributed by atoms with Crippen LogP contribution in [0.3, 0.4) is 0 Å². The zero-order valence-corrected chi connectivity index (χ0v) is 11.2. The summed E-state index contributed by atoms with van der Waals surface area (Å²) in [6.45, 7) is 0.876. The lowest BCUT2D eigenvalue weighted by Crippen LogP contribution is -2.36. The van der Waals surface area contributed by atoms with Gasteiger partial charge in [-0.05, 0) is 31.2 Å². The second-order valence-corrected chi connectivity index (χ2v) is 5.17. The molecule has 0 spiro atoms. The summed E-state index contributed by atoms with van der Waals surface area (Å²) in [6.07, 6.45) is 8.22. The molecule has 0 aliphatic heterocycles. The first-order valence-corrected chi connectivity index (χ1v) is 7.00. The lowest BCUT2D eigenvalue weighted by Gasteiger charge is -2.27. The highest BCUT2D eigenvalue weighted by atomic mass is 16.1. The topological polar surface area (TPSA) is 55.1 Å². The van der Waals surface area contributed by atoms with Gasteiger partial charge in [0.15, 0.2) is 0 Å². The molecule has 0 unspecified atom stereocenters. The second kappa shape index (κ2) is 7.10. The Balaban J connectivity index is 1.67. The predicted molar refractivity (Wildman–Crippen MR) is 78.4 cm³/mol. The summed E-state index contributed by atoms with van der Waals surface area (Å²) in [4.78, 5) is 11.1. The maximum absolute atomic E-state index is 11.1. The largest absolute Gasteiger partial charge is 0.369 e. The summed E-state index contributed by atoms with van der Waals surface area (Å²) >= 11 is 0. The Morgan fingerprint density at radius 1 is 1.21 bits per heavy atom. The Morgan fingerprint density at radius 2 is 1.89 bits per heavy atom. The minimum Gasteiger partial charge on any atom is -0.369 e. The summed E-state index contributed by atoms with van der Waals surface area (Å²) < 4.78 is 0. The number of carbonyl (C=O) groups excluding carboxylic acids is 1. The highest BCUT2D eigenvalue weighted by Gasteiger charge is 2.23. The van der Waals surface area contributed by atoms with Gasteiger partial charge in [0.2, 0.25) is 5.91 Å². The first kappa shape index (κ1) is 13.8. The van der Waals surface area contributed by atoms with Gasteiger partial charge in [0.1, 0.15) is 0 Å². The molecule has 0 radical (unpaired) electrons. The fourth-order valence-corrected chi connectivity index (χ4v) is 2.58. The molecule has 19 heavy (non-hydrogen) atoms. The number of rotatable bonds is 5. The van der Waals surface area contributed by atoms with E-state index >= 15 is 0 Å². The maximum atomic E-state index is 11.1. The van der Waals surface area contributed by atoms with Crippen molar-refractivity contribution in [2.24, 2.45) is 11.7 Å². The van der Waals surface area contributed by atoms with Crippen LogP contribution < -0.4 is 11.1 Å². The molecule has 3 nitrogen and oxygen atoms in total. The third kappa shape index (κ3) is 4.52. The zero-order chi connectivity index (χ0) is 13.5. The molecule has 2 rings (SSSR count). The Kier molecular flexibility index (Phi) is 5.16. The second-order valence-electron chi connectivity index (χ2n) is 5.17. The third-order valence-electron chi connectivity index (χ3n) is 3.76. The van der Waals surface area contributed by atoms with Crippen LogP contribution in [0.1, 0.15) is 31.2 Å². The highest BCUT2D eigenvalue weighted by molar-refractivity contribution is 5.76. The third-order valence-corrected chi connectivity index (χ3v) is 3.76. The van der Waals surface area contributed by atoms with Crippen LogP contribution in [-0.4, -0.2) is 18.5 Å². The average Bonchev–Trinajstić information content (AvgIpc) is 2.45. The van der Waals surface area contributed by atoms with Crippen molar-refractivity contribution in [1.29, 1.82) is 0 Å². The monoisotopic (exact) mass is 258 g/mol. The molecule has 0 atom stereocenters. The Labute approximate surface area is 114 Å². The van der Waals surface area contributed by atoms with Gasteiger partial charge in [-0.3, -0.25) is 4.79 Å². The SMILES string of the molecule is NC(=O)C1CCC(NCC=Cc2ccccc2)CC1. The molecule has 3 heteroatoms. The number of amides is 1. The van der Waals surface area contributed by atoms with Crippen molar-refractivity contribution in [1.82, 2.24) is 5.32 Å². The highest BCUT2D eigenvalue weighted by Crippen LogP contribution is 2.23. The number of carbonyl (C=O) groups is 1. The van der Waals surface area contributed by atoms with Crippen molar-refractivity contribution < 1.29 is 4.79 Å². The Bertz CT molecular complexity index is 420. The molecule has 1 aromatic rings. The van der Waals surface area contributed by atoms with Gasteiger partial charge in [-0.1, -0.05) is 42.5 Å². The van der Waals surface area contributed by atoms with E-state index in [2.05, 4.69) is 29.6 Å². The molecule has 1 saturated carbocycles. The number of hydrogen-bond donors (Lipinski definition) is 2. The molecule has 3 N–H and O–H groups in total. The van der Waals surface area contributed by atoms with Crippen molar-refractivity contribution in [3.8, 4) is 0 Å². The standard InChI is InChI=1S/C16H22N2O/c17-16(19)14-8-10-15(11-9-14)18-12-4-7-13-5-2-1-3-6-13/h1-7,14-15,18H,8-12H2,(H2,17,19). The van der Waals surface area contributed by atoms with Gasteiger partial charge in [-0.15, -0.1) is 0 Å². The maximum Gasteiger partial charge on any atom is 0.220 e. The molecule has 0 aromatic heterocycles. The molecule has 1 aliphatic rings. The average molecular weight is 258 g/mol. The Morgan fingerprint density at radius 3 is 2.53 bits per heavy atom. The lowest BCUT2D eigenvalue weighted by molar-refractivity contribution is -0.122. The van der Waals surface area contributed by atoms with Crippen molar-refractivity contribution in [3.05, 3.63) is 42.0 Å². The minimum absolute atomic E-state index is 0.0953. The van der Waals surface area contributed by atoms with Gasteiger partial charge >= 0.3 is 0 Å². The van der Waals surface area contributed by atoms with E-state index in [1.54, 1.807) is 0 Å². The number of nitrogens with one attached hydrogen (secondary N) is 1. The Hall–Kier alpha value is -1.61. The van der Waals surface area contributed by atoms with Gasteiger partial charge in [0.25, 0.3) is 0 Å². The number of benzene rings is 1. The molecular weight excluding hydrogens is 236 g/mol. The van der Waals surface area contributed by atoms with Crippen molar-refractivity contribution in [2.75, 3.05) is 6.54 Å². The van der Waals surface area contributed by atoms with Gasteiger partial charge in [0, 0.05) is 18.5 Å². The van der Waals surface area contributed by atoms with Crippen molar-refractivity contribution in [3.63, 3.8) is 0 Å². The molecule has 1 aliphatic carbocycles. The number of nitrogens with two attached hydrogens (primary N) is 1.